The van der Waals surface area contributed by atoms with Gasteiger partial charge in [-0.25, -0.2) is 8.78 Å². The van der Waals surface area contributed by atoms with Gasteiger partial charge in [0, 0.05) is 6.07 Å². The molecular weight excluding hydrogens is 190 g/mol. The SMILES string of the molecule is Fc1ccc(NNCl)c(F)c1.O. The molecule has 6 heteroatoms. The second-order valence-corrected chi connectivity index (χ2v) is 2.03. The molecule has 0 radical (unpaired) electrons. The van der Waals surface area contributed by atoms with E-state index in [1.807, 2.05) is 4.94 Å². The average Bonchev–Trinajstić information content (AvgIpc) is 1.95. The summed E-state index contributed by atoms with van der Waals surface area (Å²) in [5, 5.41) is 0. The highest BCUT2D eigenvalue weighted by Gasteiger charge is 2.00. The Morgan fingerprint density at radius 1 is 1.25 bits per heavy atom. The largest absolute Gasteiger partial charge is 0.412 e. The molecule has 0 amide bonds. The second kappa shape index (κ2) is 4.87. The van der Waals surface area contributed by atoms with Gasteiger partial charge in [-0.15, -0.1) is 4.94 Å². The van der Waals surface area contributed by atoms with E-state index < -0.39 is 11.6 Å². The molecular formula is C6H7ClF2N2O. The molecule has 0 unspecified atom stereocenters. The third-order valence-electron chi connectivity index (χ3n) is 1.11. The predicted octanol–water partition coefficient (Wildman–Crippen LogP) is 1.21. The second-order valence-electron chi connectivity index (χ2n) is 1.84. The number of nitrogens with one attached hydrogen (secondary N) is 2. The van der Waals surface area contributed by atoms with Gasteiger partial charge < -0.3 is 10.9 Å². The van der Waals surface area contributed by atoms with Crippen LogP contribution in [0.2, 0.25) is 0 Å². The van der Waals surface area contributed by atoms with Crippen molar-refractivity contribution in [3.05, 3.63) is 29.8 Å². The van der Waals surface area contributed by atoms with Gasteiger partial charge in [0.05, 0.1) is 5.69 Å². The Morgan fingerprint density at radius 3 is 2.42 bits per heavy atom. The van der Waals surface area contributed by atoms with Gasteiger partial charge in [0.2, 0.25) is 0 Å². The zero-order valence-electron chi connectivity index (χ0n) is 5.87. The van der Waals surface area contributed by atoms with Crippen LogP contribution in [-0.2, 0) is 0 Å². The number of hydrazine groups is 1. The minimum Gasteiger partial charge on any atom is -0.412 e. The number of benzene rings is 1. The first-order valence-electron chi connectivity index (χ1n) is 2.80. The lowest BCUT2D eigenvalue weighted by molar-refractivity contribution is 0.585. The number of halogens is 3. The summed E-state index contributed by atoms with van der Waals surface area (Å²) in [6.45, 7) is 0. The van der Waals surface area contributed by atoms with Crippen molar-refractivity contribution >= 4 is 17.5 Å². The summed E-state index contributed by atoms with van der Waals surface area (Å²) in [4.78, 5) is 2.00. The quantitative estimate of drug-likeness (QED) is 0.552. The maximum atomic E-state index is 12.6. The van der Waals surface area contributed by atoms with Gasteiger partial charge in [-0.1, -0.05) is 0 Å². The number of hydrogen-bond acceptors (Lipinski definition) is 2. The van der Waals surface area contributed by atoms with Crippen molar-refractivity contribution in [3.63, 3.8) is 0 Å². The molecule has 0 atom stereocenters. The van der Waals surface area contributed by atoms with Crippen LogP contribution in [0, 0.1) is 11.6 Å². The molecule has 0 aliphatic heterocycles. The van der Waals surface area contributed by atoms with Gasteiger partial charge in [0.25, 0.3) is 0 Å². The molecule has 1 rings (SSSR count). The van der Waals surface area contributed by atoms with Crippen molar-refractivity contribution in [1.29, 1.82) is 0 Å². The molecule has 1 aromatic rings. The van der Waals surface area contributed by atoms with Crippen LogP contribution in [0.15, 0.2) is 18.2 Å². The maximum Gasteiger partial charge on any atom is 0.150 e. The van der Waals surface area contributed by atoms with E-state index in [9.17, 15) is 8.78 Å². The summed E-state index contributed by atoms with van der Waals surface area (Å²) in [5.41, 5.74) is 2.38. The van der Waals surface area contributed by atoms with E-state index in [1.54, 1.807) is 0 Å². The van der Waals surface area contributed by atoms with Gasteiger partial charge in [-0.05, 0) is 23.9 Å². The standard InChI is InChI=1S/C6H5ClF2N2.H2O/c7-11-10-6-2-1-4(8)3-5(6)9;/h1-3,10-11H;1H2. The van der Waals surface area contributed by atoms with Crippen molar-refractivity contribution in [2.24, 2.45) is 0 Å². The van der Waals surface area contributed by atoms with Gasteiger partial charge in [0.15, 0.2) is 5.82 Å². The molecule has 0 spiro atoms. The highest BCUT2D eigenvalue weighted by Crippen LogP contribution is 2.13. The third kappa shape index (κ3) is 2.61. The lowest BCUT2D eigenvalue weighted by Crippen LogP contribution is -2.10. The Kier molecular flexibility index (Phi) is 4.50. The van der Waals surface area contributed by atoms with Crippen LogP contribution in [0.3, 0.4) is 0 Å². The monoisotopic (exact) mass is 196 g/mol. The van der Waals surface area contributed by atoms with Crippen LogP contribution in [0.4, 0.5) is 14.5 Å². The van der Waals surface area contributed by atoms with E-state index in [1.165, 1.54) is 6.07 Å². The van der Waals surface area contributed by atoms with Crippen molar-refractivity contribution in [3.8, 4) is 0 Å². The molecule has 1 aromatic carbocycles. The number of hydrogen-bond donors (Lipinski definition) is 2. The number of rotatable bonds is 2. The van der Waals surface area contributed by atoms with E-state index in [4.69, 9.17) is 11.8 Å². The molecule has 0 fully saturated rings. The highest BCUT2D eigenvalue weighted by molar-refractivity contribution is 6.13. The molecule has 0 bridgehead atoms. The van der Waals surface area contributed by atoms with Crippen molar-refractivity contribution in [1.82, 2.24) is 4.94 Å². The zero-order valence-corrected chi connectivity index (χ0v) is 6.62. The van der Waals surface area contributed by atoms with Crippen LogP contribution in [0.1, 0.15) is 0 Å². The number of anilines is 1. The van der Waals surface area contributed by atoms with E-state index in [0.29, 0.717) is 0 Å². The van der Waals surface area contributed by atoms with Gasteiger partial charge >= 0.3 is 0 Å². The molecule has 12 heavy (non-hydrogen) atoms. The Hall–Kier alpha value is -0.910. The maximum absolute atomic E-state index is 12.6. The molecule has 4 N–H and O–H groups in total. The fourth-order valence-corrected chi connectivity index (χ4v) is 0.744. The highest BCUT2D eigenvalue weighted by atomic mass is 35.5. The molecule has 0 aliphatic carbocycles. The van der Waals surface area contributed by atoms with Gasteiger partial charge in [-0.2, -0.15) is 0 Å². The Morgan fingerprint density at radius 2 is 1.92 bits per heavy atom. The zero-order chi connectivity index (χ0) is 8.27. The van der Waals surface area contributed by atoms with Crippen LogP contribution >= 0.6 is 11.8 Å². The van der Waals surface area contributed by atoms with Crippen molar-refractivity contribution < 1.29 is 14.3 Å². The van der Waals surface area contributed by atoms with Crippen LogP contribution < -0.4 is 10.4 Å². The third-order valence-corrected chi connectivity index (χ3v) is 1.21. The lowest BCUT2D eigenvalue weighted by Gasteiger charge is -2.02. The minimum atomic E-state index is -0.696. The van der Waals surface area contributed by atoms with Gasteiger partial charge in [0.1, 0.15) is 5.82 Å². The Bertz CT molecular complexity index is 259. The summed E-state index contributed by atoms with van der Waals surface area (Å²) in [6, 6.07) is 3.12. The molecule has 0 saturated heterocycles. The van der Waals surface area contributed by atoms with E-state index in [2.05, 4.69) is 5.43 Å². The molecule has 0 aliphatic rings. The summed E-state index contributed by atoms with van der Waals surface area (Å²) in [6.07, 6.45) is 0. The lowest BCUT2D eigenvalue weighted by atomic mass is 10.3. The van der Waals surface area contributed by atoms with Crippen molar-refractivity contribution in [2.45, 2.75) is 0 Å². The molecule has 0 heterocycles. The molecule has 0 aromatic heterocycles. The average molecular weight is 197 g/mol. The van der Waals surface area contributed by atoms with Crippen LogP contribution in [0.25, 0.3) is 0 Å². The summed E-state index contributed by atoms with van der Waals surface area (Å²) < 4.78 is 24.9. The first-order valence-corrected chi connectivity index (χ1v) is 3.18. The first-order chi connectivity index (χ1) is 5.24. The Labute approximate surface area is 72.7 Å². The summed E-state index contributed by atoms with van der Waals surface area (Å²) >= 11 is 5.03. The fraction of sp³-hybridized carbons (Fsp3) is 0. The van der Waals surface area contributed by atoms with E-state index >= 15 is 0 Å². The molecule has 68 valence electrons. The van der Waals surface area contributed by atoms with Gasteiger partial charge in [-0.3, -0.25) is 0 Å². The summed E-state index contributed by atoms with van der Waals surface area (Å²) in [7, 11) is 0. The minimum absolute atomic E-state index is 0. The van der Waals surface area contributed by atoms with E-state index in [-0.39, 0.29) is 11.2 Å². The van der Waals surface area contributed by atoms with E-state index in [0.717, 1.165) is 12.1 Å². The van der Waals surface area contributed by atoms with Crippen LogP contribution in [-0.4, -0.2) is 5.48 Å². The topological polar surface area (TPSA) is 55.6 Å². The predicted molar refractivity (Wildman–Crippen MR) is 42.6 cm³/mol. The summed E-state index contributed by atoms with van der Waals surface area (Å²) in [5.74, 6) is -1.32. The van der Waals surface area contributed by atoms with Crippen LogP contribution in [0.5, 0.6) is 0 Å². The molecule has 3 nitrogen and oxygen atoms in total. The smallest absolute Gasteiger partial charge is 0.150 e. The fourth-order valence-electron chi connectivity index (χ4n) is 0.642. The first kappa shape index (κ1) is 11.1. The van der Waals surface area contributed by atoms with Crippen molar-refractivity contribution in [2.75, 3.05) is 5.43 Å². The molecule has 0 saturated carbocycles. The Balaban J connectivity index is 0.00000121. The normalized spacial score (nSPS) is 8.92.